The van der Waals surface area contributed by atoms with Gasteiger partial charge < -0.3 is 10.1 Å². The minimum absolute atomic E-state index is 0.517. The first-order valence-electron chi connectivity index (χ1n) is 8.28. The molecule has 0 aromatic heterocycles. The van der Waals surface area contributed by atoms with Crippen molar-refractivity contribution in [1.82, 2.24) is 5.32 Å². The Balaban J connectivity index is 1.86. The van der Waals surface area contributed by atoms with Crippen molar-refractivity contribution < 1.29 is 4.74 Å². The smallest absolute Gasteiger partial charge is 0.119 e. The summed E-state index contributed by atoms with van der Waals surface area (Å²) < 4.78 is 6.01. The molecule has 2 heteroatoms. The molecule has 0 saturated heterocycles. The third-order valence-electron chi connectivity index (χ3n) is 4.39. The summed E-state index contributed by atoms with van der Waals surface area (Å²) in [6.07, 6.45) is 7.77. The zero-order chi connectivity index (χ0) is 14.2. The standard InChI is InChI=1S/C18H29NO/c1-3-13-19-18(16-7-5-6-8-16)14-20-17-11-9-15(4-2)10-12-17/h9-12,16,18-19H,3-8,13-14H2,1-2H3. The first kappa shape index (κ1) is 15.4. The summed E-state index contributed by atoms with van der Waals surface area (Å²) in [5, 5.41) is 3.68. The predicted molar refractivity (Wildman–Crippen MR) is 85.4 cm³/mol. The third-order valence-corrected chi connectivity index (χ3v) is 4.39. The average molecular weight is 275 g/mol. The number of aryl methyl sites for hydroxylation is 1. The van der Waals surface area contributed by atoms with E-state index >= 15 is 0 Å². The van der Waals surface area contributed by atoms with Gasteiger partial charge in [-0.05, 0) is 55.8 Å². The second kappa shape index (κ2) is 8.31. The maximum atomic E-state index is 6.01. The predicted octanol–water partition coefficient (Wildman–Crippen LogP) is 4.19. The molecule has 0 aliphatic heterocycles. The van der Waals surface area contributed by atoms with Crippen molar-refractivity contribution in [2.75, 3.05) is 13.2 Å². The molecule has 1 aromatic rings. The first-order chi connectivity index (χ1) is 9.83. The molecule has 112 valence electrons. The lowest BCUT2D eigenvalue weighted by Crippen LogP contribution is -2.40. The van der Waals surface area contributed by atoms with Gasteiger partial charge in [-0.15, -0.1) is 0 Å². The van der Waals surface area contributed by atoms with Crippen LogP contribution in [0.3, 0.4) is 0 Å². The molecule has 1 aliphatic carbocycles. The Morgan fingerprint density at radius 1 is 1.15 bits per heavy atom. The first-order valence-corrected chi connectivity index (χ1v) is 8.28. The highest BCUT2D eigenvalue weighted by Gasteiger charge is 2.24. The lowest BCUT2D eigenvalue weighted by molar-refractivity contribution is 0.217. The van der Waals surface area contributed by atoms with Gasteiger partial charge in [0, 0.05) is 6.04 Å². The molecule has 0 radical (unpaired) electrons. The molecule has 2 rings (SSSR count). The molecule has 1 aliphatic rings. The van der Waals surface area contributed by atoms with E-state index in [0.29, 0.717) is 6.04 Å². The van der Waals surface area contributed by atoms with Gasteiger partial charge in [0.25, 0.3) is 0 Å². The monoisotopic (exact) mass is 275 g/mol. The molecule has 0 heterocycles. The van der Waals surface area contributed by atoms with Crippen LogP contribution in [0.2, 0.25) is 0 Å². The molecule has 1 saturated carbocycles. The van der Waals surface area contributed by atoms with Crippen molar-refractivity contribution >= 4 is 0 Å². The molecular weight excluding hydrogens is 246 g/mol. The Morgan fingerprint density at radius 3 is 2.45 bits per heavy atom. The molecule has 1 atom stereocenters. The maximum Gasteiger partial charge on any atom is 0.119 e. The lowest BCUT2D eigenvalue weighted by Gasteiger charge is -2.25. The highest BCUT2D eigenvalue weighted by Crippen LogP contribution is 2.28. The number of nitrogens with one attached hydrogen (secondary N) is 1. The summed E-state index contributed by atoms with van der Waals surface area (Å²) in [5.41, 5.74) is 1.37. The van der Waals surface area contributed by atoms with Gasteiger partial charge in [0.1, 0.15) is 12.4 Å². The van der Waals surface area contributed by atoms with Crippen molar-refractivity contribution in [3.8, 4) is 5.75 Å². The molecule has 20 heavy (non-hydrogen) atoms. The topological polar surface area (TPSA) is 21.3 Å². The van der Waals surface area contributed by atoms with Crippen LogP contribution in [0, 0.1) is 5.92 Å². The van der Waals surface area contributed by atoms with Crippen molar-refractivity contribution in [1.29, 1.82) is 0 Å². The lowest BCUT2D eigenvalue weighted by atomic mass is 9.98. The number of hydrogen-bond acceptors (Lipinski definition) is 2. The Bertz CT molecular complexity index is 368. The van der Waals surface area contributed by atoms with Crippen molar-refractivity contribution in [2.45, 2.75) is 58.4 Å². The Hall–Kier alpha value is -1.02. The highest BCUT2D eigenvalue weighted by atomic mass is 16.5. The van der Waals surface area contributed by atoms with E-state index in [9.17, 15) is 0 Å². The van der Waals surface area contributed by atoms with E-state index in [4.69, 9.17) is 4.74 Å². The fraction of sp³-hybridized carbons (Fsp3) is 0.667. The van der Waals surface area contributed by atoms with Crippen LogP contribution in [0.25, 0.3) is 0 Å². The van der Waals surface area contributed by atoms with Gasteiger partial charge in [-0.2, -0.15) is 0 Å². The molecule has 0 amide bonds. The van der Waals surface area contributed by atoms with Crippen LogP contribution >= 0.6 is 0 Å². The minimum Gasteiger partial charge on any atom is -0.492 e. The van der Waals surface area contributed by atoms with E-state index in [-0.39, 0.29) is 0 Å². The van der Waals surface area contributed by atoms with E-state index in [1.807, 2.05) is 0 Å². The number of ether oxygens (including phenoxy) is 1. The molecule has 0 spiro atoms. The van der Waals surface area contributed by atoms with Crippen molar-refractivity contribution in [2.24, 2.45) is 5.92 Å². The highest BCUT2D eigenvalue weighted by molar-refractivity contribution is 5.27. The van der Waals surface area contributed by atoms with Crippen LogP contribution in [0.15, 0.2) is 24.3 Å². The van der Waals surface area contributed by atoms with Crippen LogP contribution in [-0.4, -0.2) is 19.2 Å². The van der Waals surface area contributed by atoms with Gasteiger partial charge in [0.2, 0.25) is 0 Å². The molecule has 1 unspecified atom stereocenters. The van der Waals surface area contributed by atoms with Gasteiger partial charge in [0.05, 0.1) is 0 Å². The summed E-state index contributed by atoms with van der Waals surface area (Å²) >= 11 is 0. The summed E-state index contributed by atoms with van der Waals surface area (Å²) in [6, 6.07) is 9.05. The number of benzene rings is 1. The van der Waals surface area contributed by atoms with Crippen LogP contribution < -0.4 is 10.1 Å². The Morgan fingerprint density at radius 2 is 1.85 bits per heavy atom. The fourth-order valence-electron chi connectivity index (χ4n) is 3.06. The summed E-state index contributed by atoms with van der Waals surface area (Å²) in [4.78, 5) is 0. The van der Waals surface area contributed by atoms with E-state index < -0.39 is 0 Å². The van der Waals surface area contributed by atoms with Gasteiger partial charge in [-0.25, -0.2) is 0 Å². The fourth-order valence-corrected chi connectivity index (χ4v) is 3.06. The molecule has 2 nitrogen and oxygen atoms in total. The van der Waals surface area contributed by atoms with Gasteiger partial charge in [0.15, 0.2) is 0 Å². The van der Waals surface area contributed by atoms with Crippen molar-refractivity contribution in [3.63, 3.8) is 0 Å². The van der Waals surface area contributed by atoms with Crippen molar-refractivity contribution in [3.05, 3.63) is 29.8 Å². The van der Waals surface area contributed by atoms with Crippen LogP contribution in [0.1, 0.15) is 51.5 Å². The zero-order valence-electron chi connectivity index (χ0n) is 13.0. The van der Waals surface area contributed by atoms with E-state index in [0.717, 1.165) is 31.2 Å². The zero-order valence-corrected chi connectivity index (χ0v) is 13.0. The quantitative estimate of drug-likeness (QED) is 0.768. The van der Waals surface area contributed by atoms with Crippen LogP contribution in [0.4, 0.5) is 0 Å². The summed E-state index contributed by atoms with van der Waals surface area (Å²) in [7, 11) is 0. The largest absolute Gasteiger partial charge is 0.492 e. The second-order valence-corrected chi connectivity index (χ2v) is 5.91. The Kier molecular flexibility index (Phi) is 6.38. The second-order valence-electron chi connectivity index (χ2n) is 5.91. The van der Waals surface area contributed by atoms with E-state index in [1.165, 1.54) is 37.7 Å². The SMILES string of the molecule is CCCNC(COc1ccc(CC)cc1)C1CCCC1. The molecule has 1 aromatic carbocycles. The van der Waals surface area contributed by atoms with Gasteiger partial charge in [-0.3, -0.25) is 0 Å². The Labute approximate surface area is 123 Å². The number of rotatable bonds is 8. The summed E-state index contributed by atoms with van der Waals surface area (Å²) in [6.45, 7) is 6.30. The molecule has 1 fully saturated rings. The summed E-state index contributed by atoms with van der Waals surface area (Å²) in [5.74, 6) is 1.81. The van der Waals surface area contributed by atoms with Gasteiger partial charge >= 0.3 is 0 Å². The van der Waals surface area contributed by atoms with E-state index in [2.05, 4.69) is 43.4 Å². The normalized spacial score (nSPS) is 17.3. The maximum absolute atomic E-state index is 6.01. The van der Waals surface area contributed by atoms with E-state index in [1.54, 1.807) is 0 Å². The molecule has 1 N–H and O–H groups in total. The minimum atomic E-state index is 0.517. The number of hydrogen-bond donors (Lipinski definition) is 1. The average Bonchev–Trinajstić information content (AvgIpc) is 3.02. The van der Waals surface area contributed by atoms with Crippen LogP contribution in [-0.2, 0) is 6.42 Å². The molecule has 0 bridgehead atoms. The van der Waals surface area contributed by atoms with Gasteiger partial charge in [-0.1, -0.05) is 38.8 Å². The molecular formula is C18H29NO. The van der Waals surface area contributed by atoms with Crippen LogP contribution in [0.5, 0.6) is 5.75 Å². The third kappa shape index (κ3) is 4.52.